The highest BCUT2D eigenvalue weighted by Crippen LogP contribution is 2.25. The van der Waals surface area contributed by atoms with Crippen molar-refractivity contribution in [3.05, 3.63) is 60.4 Å². The van der Waals surface area contributed by atoms with Gasteiger partial charge in [0.15, 0.2) is 11.0 Å². The van der Waals surface area contributed by atoms with Gasteiger partial charge in [0, 0.05) is 31.0 Å². The molecule has 2 aromatic heterocycles. The van der Waals surface area contributed by atoms with Crippen molar-refractivity contribution < 1.29 is 4.79 Å². The Morgan fingerprint density at radius 3 is 2.57 bits per heavy atom. The van der Waals surface area contributed by atoms with E-state index in [2.05, 4.69) is 31.9 Å². The zero-order chi connectivity index (χ0) is 19.2. The van der Waals surface area contributed by atoms with Gasteiger partial charge < -0.3 is 4.90 Å². The van der Waals surface area contributed by atoms with Gasteiger partial charge in [0.1, 0.15) is 0 Å². The Balaban J connectivity index is 1.56. The zero-order valence-corrected chi connectivity index (χ0v) is 16.5. The first-order chi connectivity index (χ1) is 13.8. The van der Waals surface area contributed by atoms with Crippen LogP contribution in [0.4, 0.5) is 0 Å². The molecule has 0 aliphatic carbocycles. The van der Waals surface area contributed by atoms with Gasteiger partial charge in [-0.05, 0) is 37.0 Å². The van der Waals surface area contributed by atoms with Gasteiger partial charge in [-0.25, -0.2) is 0 Å². The molecule has 144 valence electrons. The summed E-state index contributed by atoms with van der Waals surface area (Å²) >= 11 is 1.46. The molecule has 0 radical (unpaired) electrons. The van der Waals surface area contributed by atoms with E-state index >= 15 is 0 Å². The van der Waals surface area contributed by atoms with Crippen LogP contribution >= 0.6 is 11.8 Å². The Morgan fingerprint density at radius 2 is 1.82 bits per heavy atom. The highest BCUT2D eigenvalue weighted by atomic mass is 32.2. The molecule has 3 heterocycles. The van der Waals surface area contributed by atoms with Gasteiger partial charge in [0.05, 0.1) is 12.3 Å². The molecule has 1 amide bonds. The summed E-state index contributed by atoms with van der Waals surface area (Å²) in [6.07, 6.45) is 6.96. The second-order valence-corrected chi connectivity index (χ2v) is 7.79. The molecule has 4 rings (SSSR count). The molecule has 7 heteroatoms. The minimum atomic E-state index is 0.182. The van der Waals surface area contributed by atoms with E-state index in [0.717, 1.165) is 48.0 Å². The number of likely N-dealkylation sites (tertiary alicyclic amines) is 1. The first kappa shape index (κ1) is 18.7. The number of carbonyl (C=O) groups excluding carboxylic acids is 1. The standard InChI is InChI=1S/C21H23N5OS/c27-19(25-12-5-2-6-13-25)16-28-21-24-23-20(18-10-7-11-22-14-18)26(21)15-17-8-3-1-4-9-17/h1,3-4,7-11,14H,2,5-6,12-13,15-16H2. The van der Waals surface area contributed by atoms with Crippen molar-refractivity contribution in [1.29, 1.82) is 0 Å². The van der Waals surface area contributed by atoms with E-state index in [1.54, 1.807) is 12.4 Å². The fourth-order valence-corrected chi connectivity index (χ4v) is 4.21. The van der Waals surface area contributed by atoms with E-state index in [1.165, 1.54) is 18.2 Å². The van der Waals surface area contributed by atoms with Crippen LogP contribution in [0, 0.1) is 0 Å². The van der Waals surface area contributed by atoms with Crippen molar-refractivity contribution in [3.63, 3.8) is 0 Å². The fraction of sp³-hybridized carbons (Fsp3) is 0.333. The molecule has 1 aliphatic rings. The number of rotatable bonds is 6. The second kappa shape index (κ2) is 9.01. The van der Waals surface area contributed by atoms with Crippen LogP contribution in [0.1, 0.15) is 24.8 Å². The van der Waals surface area contributed by atoms with Crippen molar-refractivity contribution >= 4 is 17.7 Å². The Bertz CT molecular complexity index is 907. The second-order valence-electron chi connectivity index (χ2n) is 6.85. The maximum Gasteiger partial charge on any atom is 0.233 e. The first-order valence-electron chi connectivity index (χ1n) is 9.59. The fourth-order valence-electron chi connectivity index (χ4n) is 3.37. The number of thioether (sulfide) groups is 1. The molecule has 1 aliphatic heterocycles. The maximum atomic E-state index is 12.6. The van der Waals surface area contributed by atoms with Crippen LogP contribution in [-0.2, 0) is 11.3 Å². The Kier molecular flexibility index (Phi) is 6.01. The lowest BCUT2D eigenvalue weighted by molar-refractivity contribution is -0.129. The predicted molar refractivity (Wildman–Crippen MR) is 110 cm³/mol. The van der Waals surface area contributed by atoms with Crippen molar-refractivity contribution in [2.75, 3.05) is 18.8 Å². The maximum absolute atomic E-state index is 12.6. The van der Waals surface area contributed by atoms with E-state index in [4.69, 9.17) is 0 Å². The number of piperidine rings is 1. The van der Waals surface area contributed by atoms with Gasteiger partial charge in [-0.15, -0.1) is 10.2 Å². The lowest BCUT2D eigenvalue weighted by Crippen LogP contribution is -2.36. The minimum Gasteiger partial charge on any atom is -0.342 e. The lowest BCUT2D eigenvalue weighted by atomic mass is 10.1. The summed E-state index contributed by atoms with van der Waals surface area (Å²) in [5.41, 5.74) is 2.08. The van der Waals surface area contributed by atoms with Crippen molar-refractivity contribution in [3.8, 4) is 11.4 Å². The number of hydrogen-bond acceptors (Lipinski definition) is 5. The molecular formula is C21H23N5OS. The summed E-state index contributed by atoms with van der Waals surface area (Å²) < 4.78 is 2.07. The third-order valence-electron chi connectivity index (χ3n) is 4.85. The summed E-state index contributed by atoms with van der Waals surface area (Å²) in [5.74, 6) is 1.34. The quantitative estimate of drug-likeness (QED) is 0.600. The van der Waals surface area contributed by atoms with Gasteiger partial charge in [-0.2, -0.15) is 0 Å². The molecule has 1 aromatic carbocycles. The molecule has 6 nitrogen and oxygen atoms in total. The van der Waals surface area contributed by atoms with Crippen LogP contribution in [0.2, 0.25) is 0 Å². The van der Waals surface area contributed by atoms with Crippen molar-refractivity contribution in [2.24, 2.45) is 0 Å². The van der Waals surface area contributed by atoms with Crippen molar-refractivity contribution in [1.82, 2.24) is 24.6 Å². The van der Waals surface area contributed by atoms with Gasteiger partial charge >= 0.3 is 0 Å². The normalized spacial score (nSPS) is 14.2. The number of benzene rings is 1. The van der Waals surface area contributed by atoms with Crippen molar-refractivity contribution in [2.45, 2.75) is 31.0 Å². The summed E-state index contributed by atoms with van der Waals surface area (Å²) in [7, 11) is 0. The number of nitrogens with zero attached hydrogens (tertiary/aromatic N) is 5. The average Bonchev–Trinajstić information content (AvgIpc) is 3.16. The summed E-state index contributed by atoms with van der Waals surface area (Å²) in [6, 6.07) is 14.1. The van der Waals surface area contributed by atoms with Crippen LogP contribution in [-0.4, -0.2) is 49.4 Å². The van der Waals surface area contributed by atoms with Crippen LogP contribution in [0.25, 0.3) is 11.4 Å². The Hall–Kier alpha value is -2.67. The molecule has 0 spiro atoms. The molecule has 0 unspecified atom stereocenters. The zero-order valence-electron chi connectivity index (χ0n) is 15.7. The van der Waals surface area contributed by atoms with E-state index < -0.39 is 0 Å². The van der Waals surface area contributed by atoms with E-state index in [9.17, 15) is 4.79 Å². The van der Waals surface area contributed by atoms with Crippen LogP contribution in [0.5, 0.6) is 0 Å². The van der Waals surface area contributed by atoms with E-state index in [-0.39, 0.29) is 5.91 Å². The van der Waals surface area contributed by atoms with Crippen LogP contribution in [0.15, 0.2) is 60.0 Å². The number of aromatic nitrogens is 4. The smallest absolute Gasteiger partial charge is 0.233 e. The van der Waals surface area contributed by atoms with E-state index in [0.29, 0.717) is 12.3 Å². The monoisotopic (exact) mass is 393 g/mol. The SMILES string of the molecule is O=C(CSc1nnc(-c2cccnc2)n1Cc1ccccc1)N1CCCCC1. The van der Waals surface area contributed by atoms with E-state index in [1.807, 2.05) is 35.2 Å². The van der Waals surface area contributed by atoms with Gasteiger partial charge in [-0.3, -0.25) is 14.3 Å². The van der Waals surface area contributed by atoms with Crippen LogP contribution < -0.4 is 0 Å². The highest BCUT2D eigenvalue weighted by Gasteiger charge is 2.20. The third kappa shape index (κ3) is 4.42. The molecule has 28 heavy (non-hydrogen) atoms. The molecule has 3 aromatic rings. The summed E-state index contributed by atoms with van der Waals surface area (Å²) in [6.45, 7) is 2.40. The highest BCUT2D eigenvalue weighted by molar-refractivity contribution is 7.99. The van der Waals surface area contributed by atoms with Gasteiger partial charge in [0.25, 0.3) is 0 Å². The Labute approximate surface area is 169 Å². The first-order valence-corrected chi connectivity index (χ1v) is 10.6. The lowest BCUT2D eigenvalue weighted by Gasteiger charge is -2.26. The topological polar surface area (TPSA) is 63.9 Å². The molecule has 0 saturated carbocycles. The molecule has 1 fully saturated rings. The third-order valence-corrected chi connectivity index (χ3v) is 5.81. The summed E-state index contributed by atoms with van der Waals surface area (Å²) in [4.78, 5) is 18.7. The number of amides is 1. The van der Waals surface area contributed by atoms with Gasteiger partial charge in [0.2, 0.25) is 5.91 Å². The molecule has 0 N–H and O–H groups in total. The number of hydrogen-bond donors (Lipinski definition) is 0. The predicted octanol–water partition coefficient (Wildman–Crippen LogP) is 3.49. The van der Waals surface area contributed by atoms with Gasteiger partial charge in [-0.1, -0.05) is 42.1 Å². The minimum absolute atomic E-state index is 0.182. The number of pyridine rings is 1. The Morgan fingerprint density at radius 1 is 1.00 bits per heavy atom. The largest absolute Gasteiger partial charge is 0.342 e. The average molecular weight is 394 g/mol. The van der Waals surface area contributed by atoms with Crippen LogP contribution in [0.3, 0.4) is 0 Å². The molecule has 0 bridgehead atoms. The summed E-state index contributed by atoms with van der Waals surface area (Å²) in [5, 5.41) is 9.54. The number of carbonyl (C=O) groups is 1. The molecule has 0 atom stereocenters. The molecule has 1 saturated heterocycles. The molecular weight excluding hydrogens is 370 g/mol.